The van der Waals surface area contributed by atoms with Gasteiger partial charge in [-0.15, -0.1) is 0 Å². The number of hydrogen-bond donors (Lipinski definition) is 1. The highest BCUT2D eigenvalue weighted by Gasteiger charge is 2.16. The fraction of sp³-hybridized carbons (Fsp3) is 0.714. The van der Waals surface area contributed by atoms with E-state index in [9.17, 15) is 0 Å². The highest BCUT2D eigenvalue weighted by molar-refractivity contribution is 6.25. The molecule has 1 rings (SSSR count). The Morgan fingerprint density at radius 3 is 2.90 bits per heavy atom. The van der Waals surface area contributed by atoms with Crippen LogP contribution in [0.3, 0.4) is 0 Å². The molecule has 0 bridgehead atoms. The number of rotatable bonds is 3. The van der Waals surface area contributed by atoms with Crippen molar-refractivity contribution in [2.75, 3.05) is 19.7 Å². The molecule has 0 aromatic rings. The molecular weight excluding hydrogens is 150 g/mol. The van der Waals surface area contributed by atoms with Gasteiger partial charge in [-0.3, -0.25) is 0 Å². The first kappa shape index (κ1) is 8.05. The van der Waals surface area contributed by atoms with Crippen LogP contribution in [0.4, 0.5) is 0 Å². The molecular formula is C7H12ClNO. The number of ether oxygens (including phenoxy) is 1. The Bertz CT molecular complexity index is 132. The molecule has 0 aromatic heterocycles. The lowest BCUT2D eigenvalue weighted by molar-refractivity contribution is 0.0327. The molecule has 1 saturated heterocycles. The fourth-order valence-electron chi connectivity index (χ4n) is 0.661. The van der Waals surface area contributed by atoms with Crippen molar-refractivity contribution in [2.24, 2.45) is 0 Å². The maximum atomic E-state index is 5.44. The smallest absolute Gasteiger partial charge is 0.0827 e. The summed E-state index contributed by atoms with van der Waals surface area (Å²) < 4.78 is 5.42. The van der Waals surface area contributed by atoms with Gasteiger partial charge in [-0.25, -0.2) is 0 Å². The van der Waals surface area contributed by atoms with Gasteiger partial charge in [-0.2, -0.15) is 0 Å². The van der Waals surface area contributed by atoms with Crippen molar-refractivity contribution in [3.8, 4) is 0 Å². The Hall–Kier alpha value is -0.0500. The standard InChI is InChI=1S/C7H12ClNO/c1-6(2-8)5-10-7-3-9-4-7/h2,7,9H,3-5H2,1H3. The van der Waals surface area contributed by atoms with Crippen molar-refractivity contribution in [3.05, 3.63) is 11.1 Å². The molecule has 1 aliphatic rings. The summed E-state index contributed by atoms with van der Waals surface area (Å²) in [5.74, 6) is 0. The number of nitrogens with one attached hydrogen (secondary N) is 1. The lowest BCUT2D eigenvalue weighted by atomic mass is 10.2. The Labute approximate surface area is 66.2 Å². The van der Waals surface area contributed by atoms with Crippen molar-refractivity contribution in [1.82, 2.24) is 5.32 Å². The predicted molar refractivity (Wildman–Crippen MR) is 42.2 cm³/mol. The quantitative estimate of drug-likeness (QED) is 0.670. The van der Waals surface area contributed by atoms with Crippen LogP contribution in [0.1, 0.15) is 6.92 Å². The topological polar surface area (TPSA) is 21.3 Å². The van der Waals surface area contributed by atoms with E-state index in [2.05, 4.69) is 5.32 Å². The zero-order chi connectivity index (χ0) is 7.40. The first-order chi connectivity index (χ1) is 4.83. The minimum absolute atomic E-state index is 0.409. The summed E-state index contributed by atoms with van der Waals surface area (Å²) in [5.41, 5.74) is 2.64. The van der Waals surface area contributed by atoms with E-state index in [4.69, 9.17) is 16.3 Å². The minimum atomic E-state index is 0.409. The van der Waals surface area contributed by atoms with Crippen molar-refractivity contribution in [1.29, 1.82) is 0 Å². The molecule has 0 saturated carbocycles. The molecule has 1 N–H and O–H groups in total. The second-order valence-electron chi connectivity index (χ2n) is 2.55. The molecule has 0 atom stereocenters. The van der Waals surface area contributed by atoms with E-state index in [0.29, 0.717) is 12.7 Å². The Balaban J connectivity index is 2.04. The van der Waals surface area contributed by atoms with Crippen LogP contribution in [-0.4, -0.2) is 25.8 Å². The zero-order valence-corrected chi connectivity index (χ0v) is 6.82. The van der Waals surface area contributed by atoms with Gasteiger partial charge in [0.2, 0.25) is 0 Å². The summed E-state index contributed by atoms with van der Waals surface area (Å²) in [6, 6.07) is 0. The highest BCUT2D eigenvalue weighted by atomic mass is 35.5. The molecule has 0 spiro atoms. The SMILES string of the molecule is CC(=CCl)COC1CNC1. The molecule has 1 heterocycles. The molecule has 0 amide bonds. The molecule has 58 valence electrons. The lowest BCUT2D eigenvalue weighted by Crippen LogP contribution is -2.48. The third-order valence-electron chi connectivity index (χ3n) is 1.48. The molecule has 10 heavy (non-hydrogen) atoms. The molecule has 0 unspecified atom stereocenters. The molecule has 0 radical (unpaired) electrons. The van der Waals surface area contributed by atoms with E-state index in [0.717, 1.165) is 18.7 Å². The summed E-state index contributed by atoms with van der Waals surface area (Å²) >= 11 is 5.44. The summed E-state index contributed by atoms with van der Waals surface area (Å²) in [6.07, 6.45) is 0.409. The van der Waals surface area contributed by atoms with Gasteiger partial charge in [0.1, 0.15) is 0 Å². The molecule has 3 heteroatoms. The van der Waals surface area contributed by atoms with Crippen LogP contribution in [0, 0.1) is 0 Å². The van der Waals surface area contributed by atoms with E-state index >= 15 is 0 Å². The van der Waals surface area contributed by atoms with E-state index in [1.165, 1.54) is 0 Å². The van der Waals surface area contributed by atoms with E-state index in [1.54, 1.807) is 5.54 Å². The minimum Gasteiger partial charge on any atom is -0.371 e. The molecule has 0 aromatic carbocycles. The Morgan fingerprint density at radius 2 is 2.50 bits per heavy atom. The van der Waals surface area contributed by atoms with Gasteiger partial charge in [0, 0.05) is 18.6 Å². The second-order valence-corrected chi connectivity index (χ2v) is 2.76. The number of halogens is 1. The van der Waals surface area contributed by atoms with Gasteiger partial charge in [0.15, 0.2) is 0 Å². The largest absolute Gasteiger partial charge is 0.371 e. The maximum Gasteiger partial charge on any atom is 0.0827 e. The van der Waals surface area contributed by atoms with E-state index in [-0.39, 0.29) is 0 Å². The van der Waals surface area contributed by atoms with Crippen molar-refractivity contribution >= 4 is 11.6 Å². The number of hydrogen-bond acceptors (Lipinski definition) is 2. The monoisotopic (exact) mass is 161 g/mol. The molecule has 1 fully saturated rings. The van der Waals surface area contributed by atoms with Crippen LogP contribution in [0.15, 0.2) is 11.1 Å². The van der Waals surface area contributed by atoms with Gasteiger partial charge >= 0.3 is 0 Å². The summed E-state index contributed by atoms with van der Waals surface area (Å²) in [4.78, 5) is 0. The van der Waals surface area contributed by atoms with Crippen LogP contribution in [-0.2, 0) is 4.74 Å². The van der Waals surface area contributed by atoms with Crippen molar-refractivity contribution in [3.63, 3.8) is 0 Å². The average Bonchev–Trinajstić information content (AvgIpc) is 1.84. The van der Waals surface area contributed by atoms with Crippen LogP contribution in [0.25, 0.3) is 0 Å². The predicted octanol–water partition coefficient (Wildman–Crippen LogP) is 1.12. The van der Waals surface area contributed by atoms with Gasteiger partial charge in [0.05, 0.1) is 12.7 Å². The lowest BCUT2D eigenvalue weighted by Gasteiger charge is -2.27. The molecule has 1 aliphatic heterocycles. The summed E-state index contributed by atoms with van der Waals surface area (Å²) in [5, 5.41) is 3.13. The van der Waals surface area contributed by atoms with Crippen molar-refractivity contribution < 1.29 is 4.74 Å². The van der Waals surface area contributed by atoms with E-state index < -0.39 is 0 Å². The van der Waals surface area contributed by atoms with Crippen LogP contribution in [0.2, 0.25) is 0 Å². The van der Waals surface area contributed by atoms with Crippen molar-refractivity contribution in [2.45, 2.75) is 13.0 Å². The Kier molecular flexibility index (Phi) is 3.19. The fourth-order valence-corrected chi connectivity index (χ4v) is 0.724. The van der Waals surface area contributed by atoms with Crippen LogP contribution in [0.5, 0.6) is 0 Å². The van der Waals surface area contributed by atoms with Gasteiger partial charge < -0.3 is 10.1 Å². The zero-order valence-electron chi connectivity index (χ0n) is 6.06. The first-order valence-electron chi connectivity index (χ1n) is 3.41. The molecule has 2 nitrogen and oxygen atoms in total. The van der Waals surface area contributed by atoms with E-state index in [1.807, 2.05) is 6.92 Å². The normalized spacial score (nSPS) is 20.8. The van der Waals surface area contributed by atoms with Gasteiger partial charge in [-0.1, -0.05) is 11.6 Å². The summed E-state index contributed by atoms with van der Waals surface area (Å²) in [7, 11) is 0. The third kappa shape index (κ3) is 2.29. The van der Waals surface area contributed by atoms with Gasteiger partial charge in [0.25, 0.3) is 0 Å². The summed E-state index contributed by atoms with van der Waals surface area (Å²) in [6.45, 7) is 4.58. The van der Waals surface area contributed by atoms with Crippen LogP contribution >= 0.6 is 11.6 Å². The van der Waals surface area contributed by atoms with Crippen LogP contribution < -0.4 is 5.32 Å². The maximum absolute atomic E-state index is 5.44. The second kappa shape index (κ2) is 3.96. The Morgan fingerprint density at radius 1 is 1.80 bits per heavy atom. The highest BCUT2D eigenvalue weighted by Crippen LogP contribution is 2.02. The first-order valence-corrected chi connectivity index (χ1v) is 3.84. The third-order valence-corrected chi connectivity index (χ3v) is 1.85. The average molecular weight is 162 g/mol. The van der Waals surface area contributed by atoms with Gasteiger partial charge in [-0.05, 0) is 12.5 Å². The molecule has 0 aliphatic carbocycles.